The van der Waals surface area contributed by atoms with E-state index in [-0.39, 0.29) is 24.4 Å². The van der Waals surface area contributed by atoms with E-state index in [9.17, 15) is 28.5 Å². The number of carbonyl (C=O) groups is 2. The van der Waals surface area contributed by atoms with Gasteiger partial charge in [-0.1, -0.05) is 30.3 Å². The van der Waals surface area contributed by atoms with E-state index in [0.717, 1.165) is 17.7 Å². The Morgan fingerprint density at radius 2 is 2.00 bits per heavy atom. The fourth-order valence-corrected chi connectivity index (χ4v) is 3.23. The monoisotopic (exact) mass is 420 g/mol. The number of nitrogens with zero attached hydrogens (tertiary/aromatic N) is 2. The average Bonchev–Trinajstić information content (AvgIpc) is 3.06. The van der Waals surface area contributed by atoms with Gasteiger partial charge in [-0.25, -0.2) is 8.78 Å². The Labute approximate surface area is 170 Å². The van der Waals surface area contributed by atoms with Gasteiger partial charge in [-0.3, -0.25) is 14.9 Å². The lowest BCUT2D eigenvalue weighted by atomic mass is 10.1. The molecular weight excluding hydrogens is 402 g/mol. The maximum Gasteiger partial charge on any atom is 0.286 e. The molecule has 0 aliphatic carbocycles. The maximum absolute atomic E-state index is 13.7. The molecule has 0 saturated carbocycles. The van der Waals surface area contributed by atoms with Crippen LogP contribution in [-0.4, -0.2) is 47.6 Å². The number of carbonyl (C=O) groups excluding carboxylic acids is 2. The Morgan fingerprint density at radius 1 is 1.30 bits per heavy atom. The van der Waals surface area contributed by atoms with Gasteiger partial charge in [-0.15, -0.1) is 0 Å². The molecular formula is C20H18F2N2O6. The predicted octanol–water partition coefficient (Wildman–Crippen LogP) is 3.23. The average molecular weight is 420 g/mol. The van der Waals surface area contributed by atoms with E-state index in [4.69, 9.17) is 9.47 Å². The summed E-state index contributed by atoms with van der Waals surface area (Å²) in [6.45, 7) is -0.909. The van der Waals surface area contributed by atoms with Gasteiger partial charge in [0, 0.05) is 12.5 Å². The zero-order valence-electron chi connectivity index (χ0n) is 15.9. The maximum atomic E-state index is 13.7. The molecule has 1 heterocycles. The first kappa shape index (κ1) is 21.2. The van der Waals surface area contributed by atoms with Crippen molar-refractivity contribution in [3.05, 3.63) is 63.7 Å². The Balaban J connectivity index is 1.95. The number of halogens is 2. The largest absolute Gasteiger partial charge is 0.493 e. The molecule has 0 aromatic heterocycles. The number of methoxy groups -OCH3 is 1. The third-order valence-corrected chi connectivity index (χ3v) is 4.67. The fraction of sp³-hybridized carbons (Fsp3) is 0.300. The summed E-state index contributed by atoms with van der Waals surface area (Å²) in [5, 5.41) is 11.6. The van der Waals surface area contributed by atoms with Crippen molar-refractivity contribution in [3.63, 3.8) is 0 Å². The molecule has 3 rings (SSSR count). The quantitative estimate of drug-likeness (QED) is 0.387. The topological polar surface area (TPSA) is 99.0 Å². The van der Waals surface area contributed by atoms with Crippen molar-refractivity contribution in [2.45, 2.75) is 25.0 Å². The molecule has 1 unspecified atom stereocenters. The number of ether oxygens (including phenoxy) is 2. The molecule has 1 aliphatic rings. The summed E-state index contributed by atoms with van der Waals surface area (Å²) in [7, 11) is 1.28. The Kier molecular flexibility index (Phi) is 5.95. The Morgan fingerprint density at radius 3 is 2.60 bits per heavy atom. The van der Waals surface area contributed by atoms with Crippen LogP contribution in [0.3, 0.4) is 0 Å². The van der Waals surface area contributed by atoms with Crippen molar-refractivity contribution < 1.29 is 32.8 Å². The molecule has 0 bridgehead atoms. The molecule has 158 valence electrons. The van der Waals surface area contributed by atoms with Gasteiger partial charge in [0.2, 0.25) is 0 Å². The zero-order chi connectivity index (χ0) is 21.9. The minimum absolute atomic E-state index is 0.0169. The Hall–Kier alpha value is -3.56. The number of benzene rings is 2. The van der Waals surface area contributed by atoms with Crippen LogP contribution in [0.5, 0.6) is 11.5 Å². The van der Waals surface area contributed by atoms with E-state index in [0.29, 0.717) is 4.90 Å². The van der Waals surface area contributed by atoms with Crippen LogP contribution < -0.4 is 9.47 Å². The van der Waals surface area contributed by atoms with Gasteiger partial charge in [0.15, 0.2) is 11.5 Å². The smallest absolute Gasteiger partial charge is 0.286 e. The first-order valence-electron chi connectivity index (χ1n) is 8.93. The number of alkyl halides is 2. The highest BCUT2D eigenvalue weighted by atomic mass is 19.3. The van der Waals surface area contributed by atoms with Crippen LogP contribution in [0.15, 0.2) is 42.5 Å². The van der Waals surface area contributed by atoms with E-state index in [1.54, 1.807) is 24.3 Å². The van der Waals surface area contributed by atoms with Gasteiger partial charge in [-0.2, -0.15) is 0 Å². The summed E-state index contributed by atoms with van der Waals surface area (Å²) in [5.41, 5.74) is -0.298. The zero-order valence-corrected chi connectivity index (χ0v) is 15.9. The predicted molar refractivity (Wildman–Crippen MR) is 101 cm³/mol. The number of hydrogen-bond acceptors (Lipinski definition) is 6. The van der Waals surface area contributed by atoms with Gasteiger partial charge in [0.25, 0.3) is 17.5 Å². The summed E-state index contributed by atoms with van der Waals surface area (Å²) in [6, 6.07) is 9.73. The highest BCUT2D eigenvalue weighted by molar-refractivity contribution is 6.00. The first-order chi connectivity index (χ1) is 14.3. The van der Waals surface area contributed by atoms with E-state index in [1.165, 1.54) is 7.11 Å². The standard InChI is InChI=1S/C20H18F2N2O6/c1-29-17-7-15(19(26)23-12-20(21,22)9-14(23)10-25)16(24(27)28)8-18(17)30-11-13-5-3-2-4-6-13/h2-8,10,14H,9,11-12H2,1H3. The second kappa shape index (κ2) is 8.44. The molecule has 30 heavy (non-hydrogen) atoms. The van der Waals surface area contributed by atoms with Crippen molar-refractivity contribution in [3.8, 4) is 11.5 Å². The van der Waals surface area contributed by atoms with E-state index >= 15 is 0 Å². The highest BCUT2D eigenvalue weighted by Gasteiger charge is 2.48. The van der Waals surface area contributed by atoms with Gasteiger partial charge in [0.1, 0.15) is 18.5 Å². The van der Waals surface area contributed by atoms with Crippen LogP contribution in [0.2, 0.25) is 0 Å². The van der Waals surface area contributed by atoms with Gasteiger partial charge < -0.3 is 19.2 Å². The molecule has 0 N–H and O–H groups in total. The molecule has 1 saturated heterocycles. The van der Waals surface area contributed by atoms with Crippen LogP contribution in [-0.2, 0) is 11.4 Å². The number of rotatable bonds is 7. The third kappa shape index (κ3) is 4.37. The van der Waals surface area contributed by atoms with E-state index in [2.05, 4.69) is 0 Å². The molecule has 2 aromatic rings. The number of nitro benzene ring substituents is 1. The second-order valence-electron chi connectivity index (χ2n) is 6.75. The van der Waals surface area contributed by atoms with Crippen LogP contribution >= 0.6 is 0 Å². The number of nitro groups is 1. The van der Waals surface area contributed by atoms with E-state index < -0.39 is 47.0 Å². The lowest BCUT2D eigenvalue weighted by Gasteiger charge is -2.20. The molecule has 10 heteroatoms. The van der Waals surface area contributed by atoms with Crippen molar-refractivity contribution in [2.24, 2.45) is 0 Å². The minimum atomic E-state index is -3.25. The lowest BCUT2D eigenvalue weighted by Crippen LogP contribution is -2.37. The molecule has 0 radical (unpaired) electrons. The SMILES string of the molecule is COc1cc(C(=O)N2CC(F)(F)CC2C=O)c([N+](=O)[O-])cc1OCc1ccccc1. The van der Waals surface area contributed by atoms with Crippen molar-refractivity contribution in [1.82, 2.24) is 4.90 Å². The molecule has 1 atom stereocenters. The molecule has 0 spiro atoms. The highest BCUT2D eigenvalue weighted by Crippen LogP contribution is 2.38. The van der Waals surface area contributed by atoms with Gasteiger partial charge in [-0.05, 0) is 5.56 Å². The minimum Gasteiger partial charge on any atom is -0.493 e. The third-order valence-electron chi connectivity index (χ3n) is 4.67. The summed E-state index contributed by atoms with van der Waals surface area (Å²) in [6.07, 6.45) is -0.593. The van der Waals surface area contributed by atoms with Crippen LogP contribution in [0, 0.1) is 10.1 Å². The van der Waals surface area contributed by atoms with Crippen molar-refractivity contribution >= 4 is 17.9 Å². The van der Waals surface area contributed by atoms with Crippen LogP contribution in [0.4, 0.5) is 14.5 Å². The lowest BCUT2D eigenvalue weighted by molar-refractivity contribution is -0.385. The molecule has 8 nitrogen and oxygen atoms in total. The van der Waals surface area contributed by atoms with Crippen LogP contribution in [0.25, 0.3) is 0 Å². The van der Waals surface area contributed by atoms with Gasteiger partial charge >= 0.3 is 0 Å². The molecule has 1 fully saturated rings. The van der Waals surface area contributed by atoms with E-state index in [1.807, 2.05) is 6.07 Å². The normalized spacial score (nSPS) is 17.4. The van der Waals surface area contributed by atoms with Crippen molar-refractivity contribution in [2.75, 3.05) is 13.7 Å². The molecule has 1 aliphatic heterocycles. The molecule has 2 aromatic carbocycles. The van der Waals surface area contributed by atoms with Crippen LogP contribution in [0.1, 0.15) is 22.3 Å². The number of likely N-dealkylation sites (tertiary alicyclic amines) is 1. The Bertz CT molecular complexity index is 967. The van der Waals surface area contributed by atoms with Crippen molar-refractivity contribution in [1.29, 1.82) is 0 Å². The first-order valence-corrected chi connectivity index (χ1v) is 8.93. The number of hydrogen-bond donors (Lipinski definition) is 0. The number of amides is 1. The number of aldehydes is 1. The summed E-state index contributed by atoms with van der Waals surface area (Å²) in [5.74, 6) is -4.26. The molecule has 1 amide bonds. The summed E-state index contributed by atoms with van der Waals surface area (Å²) in [4.78, 5) is 35.4. The second-order valence-corrected chi connectivity index (χ2v) is 6.75. The summed E-state index contributed by atoms with van der Waals surface area (Å²) < 4.78 is 38.2. The fourth-order valence-electron chi connectivity index (χ4n) is 3.23. The van der Waals surface area contributed by atoms with Gasteiger partial charge in [0.05, 0.1) is 30.7 Å². The summed E-state index contributed by atoms with van der Waals surface area (Å²) >= 11 is 0.